The summed E-state index contributed by atoms with van der Waals surface area (Å²) in [6.45, 7) is 6.32. The molecule has 92 valence electrons. The van der Waals surface area contributed by atoms with Crippen molar-refractivity contribution in [2.24, 2.45) is 11.8 Å². The van der Waals surface area contributed by atoms with Gasteiger partial charge in [0, 0.05) is 18.7 Å². The summed E-state index contributed by atoms with van der Waals surface area (Å²) in [4.78, 5) is 14.3. The molecule has 1 aliphatic heterocycles. The maximum atomic E-state index is 12.3. The average Bonchev–Trinajstić information content (AvgIpc) is 2.82. The Kier molecular flexibility index (Phi) is 3.82. The first-order valence-electron chi connectivity index (χ1n) is 6.60. The lowest BCUT2D eigenvalue weighted by Gasteiger charge is -2.16. The van der Waals surface area contributed by atoms with Crippen LogP contribution in [0.4, 0.5) is 0 Å². The van der Waals surface area contributed by atoms with E-state index in [0.29, 0.717) is 11.8 Å². The zero-order valence-corrected chi connectivity index (χ0v) is 10.7. The lowest BCUT2D eigenvalue weighted by atomic mass is 9.92. The molecular formula is C15H21NO. The molecule has 0 aromatic heterocycles. The standard InChI is InChI=1S/C15H21NO/c1-3-12-10-16(11-13(12)4-2)15(17)14-8-6-5-7-9-14/h5-9,12-13H,3-4,10-11H2,1-2H3/t12-,13+. The molecule has 2 heteroatoms. The van der Waals surface area contributed by atoms with Crippen LogP contribution in [0.1, 0.15) is 37.0 Å². The normalized spacial score (nSPS) is 24.0. The molecule has 2 rings (SSSR count). The van der Waals surface area contributed by atoms with Crippen LogP contribution in [0.5, 0.6) is 0 Å². The van der Waals surface area contributed by atoms with E-state index >= 15 is 0 Å². The number of carbonyl (C=O) groups is 1. The second-order valence-electron chi connectivity index (χ2n) is 4.91. The van der Waals surface area contributed by atoms with Gasteiger partial charge in [0.1, 0.15) is 0 Å². The van der Waals surface area contributed by atoms with E-state index in [-0.39, 0.29) is 5.91 Å². The van der Waals surface area contributed by atoms with E-state index in [2.05, 4.69) is 13.8 Å². The zero-order valence-electron chi connectivity index (χ0n) is 10.7. The number of hydrogen-bond acceptors (Lipinski definition) is 1. The monoisotopic (exact) mass is 231 g/mol. The Hall–Kier alpha value is -1.31. The van der Waals surface area contributed by atoms with Crippen molar-refractivity contribution in [3.63, 3.8) is 0 Å². The highest BCUT2D eigenvalue weighted by atomic mass is 16.2. The number of amides is 1. The summed E-state index contributed by atoms with van der Waals surface area (Å²) in [7, 11) is 0. The number of nitrogens with zero attached hydrogens (tertiary/aromatic N) is 1. The van der Waals surface area contributed by atoms with Gasteiger partial charge in [-0.05, 0) is 24.0 Å². The van der Waals surface area contributed by atoms with Crippen LogP contribution in [-0.4, -0.2) is 23.9 Å². The van der Waals surface area contributed by atoms with E-state index in [4.69, 9.17) is 0 Å². The van der Waals surface area contributed by atoms with E-state index in [0.717, 1.165) is 18.7 Å². The van der Waals surface area contributed by atoms with Gasteiger partial charge in [0.15, 0.2) is 0 Å². The molecule has 1 aromatic rings. The van der Waals surface area contributed by atoms with Gasteiger partial charge in [-0.25, -0.2) is 0 Å². The third-order valence-electron chi connectivity index (χ3n) is 3.93. The second kappa shape index (κ2) is 5.35. The predicted octanol–water partition coefficient (Wildman–Crippen LogP) is 3.19. The maximum absolute atomic E-state index is 12.3. The molecule has 0 aliphatic carbocycles. The van der Waals surface area contributed by atoms with E-state index in [9.17, 15) is 4.79 Å². The number of rotatable bonds is 3. The molecule has 1 aliphatic rings. The molecule has 1 heterocycles. The van der Waals surface area contributed by atoms with Crippen molar-refractivity contribution in [3.8, 4) is 0 Å². The quantitative estimate of drug-likeness (QED) is 0.782. The molecular weight excluding hydrogens is 210 g/mol. The van der Waals surface area contributed by atoms with Crippen molar-refractivity contribution >= 4 is 5.91 Å². The van der Waals surface area contributed by atoms with Crippen molar-refractivity contribution in [1.29, 1.82) is 0 Å². The molecule has 2 nitrogen and oxygen atoms in total. The molecule has 2 atom stereocenters. The summed E-state index contributed by atoms with van der Waals surface area (Å²) >= 11 is 0. The molecule has 1 fully saturated rings. The predicted molar refractivity (Wildman–Crippen MR) is 69.9 cm³/mol. The maximum Gasteiger partial charge on any atom is 0.253 e. The van der Waals surface area contributed by atoms with Gasteiger partial charge in [0.05, 0.1) is 0 Å². The summed E-state index contributed by atoms with van der Waals surface area (Å²) in [5, 5.41) is 0. The lowest BCUT2D eigenvalue weighted by molar-refractivity contribution is 0.0783. The Balaban J connectivity index is 2.08. The molecule has 0 unspecified atom stereocenters. The van der Waals surface area contributed by atoms with Gasteiger partial charge in [0.2, 0.25) is 0 Å². The van der Waals surface area contributed by atoms with Gasteiger partial charge in [0.25, 0.3) is 5.91 Å². The second-order valence-corrected chi connectivity index (χ2v) is 4.91. The van der Waals surface area contributed by atoms with Gasteiger partial charge >= 0.3 is 0 Å². The Morgan fingerprint density at radius 3 is 2.12 bits per heavy atom. The van der Waals surface area contributed by atoms with Crippen molar-refractivity contribution in [1.82, 2.24) is 4.90 Å². The molecule has 1 aromatic carbocycles. The SMILES string of the molecule is CC[C@@H]1CN(C(=O)c2ccccc2)C[C@@H]1CC. The minimum absolute atomic E-state index is 0.194. The van der Waals surface area contributed by atoms with Crippen molar-refractivity contribution in [3.05, 3.63) is 35.9 Å². The van der Waals surface area contributed by atoms with Crippen molar-refractivity contribution in [2.45, 2.75) is 26.7 Å². The van der Waals surface area contributed by atoms with Crippen LogP contribution >= 0.6 is 0 Å². The van der Waals surface area contributed by atoms with Crippen molar-refractivity contribution < 1.29 is 4.79 Å². The minimum Gasteiger partial charge on any atom is -0.338 e. The summed E-state index contributed by atoms with van der Waals surface area (Å²) in [6.07, 6.45) is 2.36. The number of benzene rings is 1. The minimum atomic E-state index is 0.194. The molecule has 0 radical (unpaired) electrons. The topological polar surface area (TPSA) is 20.3 Å². The number of likely N-dealkylation sites (tertiary alicyclic amines) is 1. The van der Waals surface area contributed by atoms with Crippen LogP contribution in [0.2, 0.25) is 0 Å². The van der Waals surface area contributed by atoms with E-state index < -0.39 is 0 Å². The van der Waals surface area contributed by atoms with E-state index in [1.807, 2.05) is 35.2 Å². The highest BCUT2D eigenvalue weighted by molar-refractivity contribution is 5.94. The summed E-state index contributed by atoms with van der Waals surface area (Å²) in [6, 6.07) is 9.62. The van der Waals surface area contributed by atoms with Crippen LogP contribution in [-0.2, 0) is 0 Å². The van der Waals surface area contributed by atoms with E-state index in [1.54, 1.807) is 0 Å². The first kappa shape index (κ1) is 12.2. The largest absolute Gasteiger partial charge is 0.338 e. The Morgan fingerprint density at radius 1 is 1.12 bits per heavy atom. The Labute approximate surface area is 104 Å². The fraction of sp³-hybridized carbons (Fsp3) is 0.533. The van der Waals surface area contributed by atoms with Gasteiger partial charge in [-0.3, -0.25) is 4.79 Å². The first-order valence-corrected chi connectivity index (χ1v) is 6.60. The third kappa shape index (κ3) is 2.51. The molecule has 1 amide bonds. The van der Waals surface area contributed by atoms with Crippen LogP contribution in [0.3, 0.4) is 0 Å². The molecule has 0 bridgehead atoms. The van der Waals surface area contributed by atoms with Crippen LogP contribution in [0, 0.1) is 11.8 Å². The molecule has 0 saturated carbocycles. The van der Waals surface area contributed by atoms with Crippen LogP contribution in [0.15, 0.2) is 30.3 Å². The molecule has 0 N–H and O–H groups in total. The van der Waals surface area contributed by atoms with Gasteiger partial charge in [-0.2, -0.15) is 0 Å². The van der Waals surface area contributed by atoms with Crippen molar-refractivity contribution in [2.75, 3.05) is 13.1 Å². The third-order valence-corrected chi connectivity index (χ3v) is 3.93. The van der Waals surface area contributed by atoms with Crippen LogP contribution in [0.25, 0.3) is 0 Å². The molecule has 17 heavy (non-hydrogen) atoms. The highest BCUT2D eigenvalue weighted by Gasteiger charge is 2.32. The highest BCUT2D eigenvalue weighted by Crippen LogP contribution is 2.29. The number of carbonyl (C=O) groups excluding carboxylic acids is 1. The number of hydrogen-bond donors (Lipinski definition) is 0. The smallest absolute Gasteiger partial charge is 0.253 e. The van der Waals surface area contributed by atoms with Gasteiger partial charge in [-0.15, -0.1) is 0 Å². The fourth-order valence-corrected chi connectivity index (χ4v) is 2.79. The first-order chi connectivity index (χ1) is 8.26. The summed E-state index contributed by atoms with van der Waals surface area (Å²) in [5.41, 5.74) is 0.819. The zero-order chi connectivity index (χ0) is 12.3. The average molecular weight is 231 g/mol. The van der Waals surface area contributed by atoms with Gasteiger partial charge < -0.3 is 4.90 Å². The molecule has 0 spiro atoms. The Morgan fingerprint density at radius 2 is 1.65 bits per heavy atom. The summed E-state index contributed by atoms with van der Waals surface area (Å²) in [5.74, 6) is 1.57. The lowest BCUT2D eigenvalue weighted by Crippen LogP contribution is -2.28. The van der Waals surface area contributed by atoms with Gasteiger partial charge in [-0.1, -0.05) is 44.9 Å². The molecule has 1 saturated heterocycles. The summed E-state index contributed by atoms with van der Waals surface area (Å²) < 4.78 is 0. The van der Waals surface area contributed by atoms with Crippen LogP contribution < -0.4 is 0 Å². The fourth-order valence-electron chi connectivity index (χ4n) is 2.79. The Bertz CT molecular complexity index is 362. The van der Waals surface area contributed by atoms with E-state index in [1.165, 1.54) is 12.8 Å².